The van der Waals surface area contributed by atoms with Crippen LogP contribution in [0.2, 0.25) is 0 Å². The third-order valence-electron chi connectivity index (χ3n) is 5.55. The van der Waals surface area contributed by atoms with Gasteiger partial charge in [0.05, 0.1) is 5.41 Å². The van der Waals surface area contributed by atoms with Crippen molar-refractivity contribution in [1.29, 1.82) is 0 Å². The van der Waals surface area contributed by atoms with Crippen molar-refractivity contribution >= 4 is 17.6 Å². The molecule has 1 N–H and O–H groups in total. The molecule has 1 aliphatic carbocycles. The van der Waals surface area contributed by atoms with Gasteiger partial charge in [0.2, 0.25) is 0 Å². The molecule has 4 nitrogen and oxygen atoms in total. The minimum absolute atomic E-state index is 0.312. The highest BCUT2D eigenvalue weighted by molar-refractivity contribution is 6.03. The van der Waals surface area contributed by atoms with E-state index in [1.807, 2.05) is 20.8 Å². The number of carbonyl (C=O) groups excluding carboxylic acids is 2. The number of fused-ring (bicyclic) bond motifs is 2. The lowest BCUT2D eigenvalue weighted by Gasteiger charge is -2.35. The largest absolute Gasteiger partial charge is 0.448 e. The van der Waals surface area contributed by atoms with Gasteiger partial charge in [0.15, 0.2) is 5.60 Å². The summed E-state index contributed by atoms with van der Waals surface area (Å²) in [5.41, 5.74) is -1.87. The molecule has 1 saturated heterocycles. The van der Waals surface area contributed by atoms with Crippen LogP contribution in [0.1, 0.15) is 33.6 Å². The number of ether oxygens (including phenoxy) is 1. The van der Waals surface area contributed by atoms with Gasteiger partial charge in [-0.05, 0) is 44.0 Å². The minimum Gasteiger partial charge on any atom is -0.448 e. The molecule has 0 aromatic heterocycles. The van der Waals surface area contributed by atoms with E-state index in [-0.39, 0.29) is 17.7 Å². The van der Waals surface area contributed by atoms with Crippen molar-refractivity contribution in [2.75, 3.05) is 5.32 Å². The van der Waals surface area contributed by atoms with Crippen LogP contribution in [-0.4, -0.2) is 17.5 Å². The summed E-state index contributed by atoms with van der Waals surface area (Å²) in [6.07, 6.45) is 1.14. The quantitative estimate of drug-likeness (QED) is 0.852. The molecule has 2 bridgehead atoms. The number of nitrogens with one attached hydrogen (secondary N) is 1. The molecule has 2 fully saturated rings. The number of benzene rings is 1. The maximum Gasteiger partial charge on any atom is 0.313 e. The van der Waals surface area contributed by atoms with E-state index in [4.69, 9.17) is 4.74 Å². The van der Waals surface area contributed by atoms with Crippen LogP contribution in [0.25, 0.3) is 0 Å². The zero-order chi connectivity index (χ0) is 15.5. The molecule has 1 aromatic carbocycles. The van der Waals surface area contributed by atoms with Crippen LogP contribution in [0.4, 0.5) is 10.1 Å². The number of halogens is 1. The second-order valence-corrected chi connectivity index (χ2v) is 6.63. The van der Waals surface area contributed by atoms with E-state index in [0.29, 0.717) is 18.5 Å². The van der Waals surface area contributed by atoms with Gasteiger partial charge >= 0.3 is 5.97 Å². The number of hydrogen-bond donors (Lipinski definition) is 1. The maximum absolute atomic E-state index is 12.9. The van der Waals surface area contributed by atoms with Crippen LogP contribution in [0.15, 0.2) is 24.3 Å². The van der Waals surface area contributed by atoms with Gasteiger partial charge in [-0.25, -0.2) is 4.39 Å². The SMILES string of the molecule is CC1(C)[C@]2(C)CC[C@]1(C(=O)Nc1ccc(F)cc1)OC2=O. The van der Waals surface area contributed by atoms with Crippen molar-refractivity contribution in [3.8, 4) is 0 Å². The van der Waals surface area contributed by atoms with Crippen molar-refractivity contribution < 1.29 is 18.7 Å². The molecule has 2 atom stereocenters. The zero-order valence-electron chi connectivity index (χ0n) is 12.3. The minimum atomic E-state index is -1.15. The van der Waals surface area contributed by atoms with Gasteiger partial charge in [0.1, 0.15) is 5.82 Å². The Morgan fingerprint density at radius 2 is 1.81 bits per heavy atom. The summed E-state index contributed by atoms with van der Waals surface area (Å²) < 4.78 is 18.4. The van der Waals surface area contributed by atoms with Crippen LogP contribution in [0, 0.1) is 16.6 Å². The maximum atomic E-state index is 12.9. The van der Waals surface area contributed by atoms with Gasteiger partial charge in [0.25, 0.3) is 5.91 Å². The molecule has 0 spiro atoms. The normalized spacial score (nSPS) is 32.9. The van der Waals surface area contributed by atoms with E-state index >= 15 is 0 Å². The fraction of sp³-hybridized carbons (Fsp3) is 0.500. The van der Waals surface area contributed by atoms with E-state index in [2.05, 4.69) is 5.32 Å². The third-order valence-corrected chi connectivity index (χ3v) is 5.55. The lowest BCUT2D eigenvalue weighted by molar-refractivity contribution is -0.165. The highest BCUT2D eigenvalue weighted by Crippen LogP contribution is 2.65. The van der Waals surface area contributed by atoms with Crippen LogP contribution >= 0.6 is 0 Å². The summed E-state index contributed by atoms with van der Waals surface area (Å²) in [7, 11) is 0. The third kappa shape index (κ3) is 1.60. The fourth-order valence-corrected chi connectivity index (χ4v) is 3.51. The second kappa shape index (κ2) is 4.06. The standard InChI is InChI=1S/C16H18FNO3/c1-14(2)15(3)8-9-16(14,21-13(15)20)12(19)18-11-6-4-10(17)5-7-11/h4-7H,8-9H2,1-3H3,(H,18,19)/t15-,16-/m1/s1. The Balaban J connectivity index is 1.91. The molecule has 1 saturated carbocycles. The smallest absolute Gasteiger partial charge is 0.313 e. The van der Waals surface area contributed by atoms with Crippen molar-refractivity contribution in [3.05, 3.63) is 30.1 Å². The summed E-state index contributed by atoms with van der Waals surface area (Å²) in [5, 5.41) is 2.74. The zero-order valence-corrected chi connectivity index (χ0v) is 12.3. The Bertz CT molecular complexity index is 625. The summed E-state index contributed by atoms with van der Waals surface area (Å²) in [5.74, 6) is -1.02. The molecular weight excluding hydrogens is 273 g/mol. The number of hydrogen-bond acceptors (Lipinski definition) is 3. The molecular formula is C16H18FNO3. The fourth-order valence-electron chi connectivity index (χ4n) is 3.51. The summed E-state index contributed by atoms with van der Waals surface area (Å²) in [6.45, 7) is 5.65. The number of rotatable bonds is 2. The van der Waals surface area contributed by atoms with Gasteiger partial charge in [-0.3, -0.25) is 9.59 Å². The number of anilines is 1. The molecule has 0 radical (unpaired) electrons. The predicted octanol–water partition coefficient (Wildman–Crippen LogP) is 2.89. The molecule has 112 valence electrons. The van der Waals surface area contributed by atoms with Crippen molar-refractivity contribution in [3.63, 3.8) is 0 Å². The number of amides is 1. The van der Waals surface area contributed by atoms with Crippen LogP contribution in [0.3, 0.4) is 0 Å². The first-order chi connectivity index (χ1) is 9.73. The molecule has 1 heterocycles. The van der Waals surface area contributed by atoms with Gasteiger partial charge in [-0.15, -0.1) is 0 Å². The van der Waals surface area contributed by atoms with Crippen LogP contribution in [0.5, 0.6) is 0 Å². The first-order valence-corrected chi connectivity index (χ1v) is 7.03. The van der Waals surface area contributed by atoms with Gasteiger partial charge in [-0.1, -0.05) is 13.8 Å². The number of carbonyl (C=O) groups is 2. The second-order valence-electron chi connectivity index (χ2n) is 6.63. The summed E-state index contributed by atoms with van der Waals surface area (Å²) in [4.78, 5) is 24.8. The van der Waals surface area contributed by atoms with Crippen LogP contribution in [-0.2, 0) is 14.3 Å². The summed E-state index contributed by atoms with van der Waals surface area (Å²) in [6, 6.07) is 5.53. The van der Waals surface area contributed by atoms with Crippen molar-refractivity contribution in [2.45, 2.75) is 39.2 Å². The van der Waals surface area contributed by atoms with Crippen LogP contribution < -0.4 is 5.32 Å². The lowest BCUT2D eigenvalue weighted by atomic mass is 9.66. The number of esters is 1. The monoisotopic (exact) mass is 291 g/mol. The Morgan fingerprint density at radius 1 is 1.19 bits per heavy atom. The van der Waals surface area contributed by atoms with Crippen molar-refractivity contribution in [1.82, 2.24) is 0 Å². The molecule has 1 amide bonds. The molecule has 1 aliphatic heterocycles. The Hall–Kier alpha value is -1.91. The molecule has 21 heavy (non-hydrogen) atoms. The van der Waals surface area contributed by atoms with E-state index in [1.165, 1.54) is 24.3 Å². The molecule has 5 heteroatoms. The summed E-state index contributed by atoms with van der Waals surface area (Å²) >= 11 is 0. The first kappa shape index (κ1) is 14.0. The lowest BCUT2D eigenvalue weighted by Crippen LogP contribution is -2.50. The first-order valence-electron chi connectivity index (χ1n) is 7.03. The van der Waals surface area contributed by atoms with E-state index in [0.717, 1.165) is 0 Å². The molecule has 0 unspecified atom stereocenters. The van der Waals surface area contributed by atoms with E-state index in [1.54, 1.807) is 0 Å². The Morgan fingerprint density at radius 3 is 2.29 bits per heavy atom. The van der Waals surface area contributed by atoms with Gasteiger partial charge < -0.3 is 10.1 Å². The van der Waals surface area contributed by atoms with Gasteiger partial charge in [-0.2, -0.15) is 0 Å². The Kier molecular flexibility index (Phi) is 2.71. The molecule has 2 aliphatic rings. The Labute approximate surface area is 122 Å². The van der Waals surface area contributed by atoms with Crippen molar-refractivity contribution in [2.24, 2.45) is 10.8 Å². The highest BCUT2D eigenvalue weighted by Gasteiger charge is 2.75. The highest BCUT2D eigenvalue weighted by atomic mass is 19.1. The molecule has 1 aromatic rings. The van der Waals surface area contributed by atoms with E-state index < -0.39 is 16.4 Å². The average molecular weight is 291 g/mol. The van der Waals surface area contributed by atoms with Gasteiger partial charge in [0, 0.05) is 11.1 Å². The average Bonchev–Trinajstić information content (AvgIpc) is 2.72. The topological polar surface area (TPSA) is 55.4 Å². The molecule has 3 rings (SSSR count). The van der Waals surface area contributed by atoms with E-state index in [9.17, 15) is 14.0 Å². The predicted molar refractivity (Wildman–Crippen MR) is 75.0 cm³/mol.